The molecule has 1 aromatic carbocycles. The van der Waals surface area contributed by atoms with Gasteiger partial charge < -0.3 is 29.8 Å². The average molecular weight is 332 g/mol. The molecule has 0 fully saturated rings. The van der Waals surface area contributed by atoms with E-state index in [4.69, 9.17) is 29.8 Å². The minimum Gasteiger partial charge on any atom is -0.462 e. The van der Waals surface area contributed by atoms with Gasteiger partial charge in [0.25, 0.3) is 0 Å². The summed E-state index contributed by atoms with van der Waals surface area (Å²) in [6.45, 7) is 3.78. The summed E-state index contributed by atoms with van der Waals surface area (Å²) in [5, 5.41) is 0.838. The second-order valence-corrected chi connectivity index (χ2v) is 4.97. The zero-order valence-electron chi connectivity index (χ0n) is 13.2. The molecule has 0 aliphatic heterocycles. The Bertz CT molecular complexity index is 874. The Morgan fingerprint density at radius 2 is 1.25 bits per heavy atom. The topological polar surface area (TPSA) is 131 Å². The standard InChI is InChI=1S/C16H16N2O6/c1-3-21-15(19)11-7-5-10-8(6-9(7)23-13(11)17)12(14(18)24-10)16(20)22-4-2/h5-6H,3-4,17-18H2,1-2H3. The third-order valence-corrected chi connectivity index (χ3v) is 3.51. The number of nitrogens with two attached hydrogens (primary N) is 2. The van der Waals surface area contributed by atoms with Crippen molar-refractivity contribution < 1.29 is 27.9 Å². The van der Waals surface area contributed by atoms with Crippen LogP contribution >= 0.6 is 0 Å². The highest BCUT2D eigenvalue weighted by Gasteiger charge is 2.25. The molecule has 24 heavy (non-hydrogen) atoms. The van der Waals surface area contributed by atoms with Gasteiger partial charge in [0.1, 0.15) is 22.3 Å². The minimum atomic E-state index is -0.599. The molecule has 0 saturated carbocycles. The van der Waals surface area contributed by atoms with Gasteiger partial charge in [0.2, 0.25) is 11.8 Å². The van der Waals surface area contributed by atoms with Gasteiger partial charge in [-0.05, 0) is 26.0 Å². The maximum atomic E-state index is 12.1. The molecule has 0 amide bonds. The van der Waals surface area contributed by atoms with Crippen LogP contribution in [0, 0.1) is 0 Å². The molecule has 2 aromatic heterocycles. The lowest BCUT2D eigenvalue weighted by Crippen LogP contribution is -2.06. The van der Waals surface area contributed by atoms with Crippen LogP contribution in [0.1, 0.15) is 34.6 Å². The van der Waals surface area contributed by atoms with Crippen molar-refractivity contribution in [3.8, 4) is 0 Å². The van der Waals surface area contributed by atoms with E-state index in [2.05, 4.69) is 0 Å². The van der Waals surface area contributed by atoms with E-state index in [1.165, 1.54) is 12.1 Å². The first-order chi connectivity index (χ1) is 11.5. The molecule has 3 aromatic rings. The first kappa shape index (κ1) is 15.7. The van der Waals surface area contributed by atoms with Crippen LogP contribution in [0.4, 0.5) is 11.8 Å². The van der Waals surface area contributed by atoms with Crippen LogP contribution in [-0.4, -0.2) is 25.2 Å². The van der Waals surface area contributed by atoms with Crippen LogP contribution in [0.2, 0.25) is 0 Å². The molecule has 3 rings (SSSR count). The molecule has 8 heteroatoms. The highest BCUT2D eigenvalue weighted by atomic mass is 16.5. The van der Waals surface area contributed by atoms with Crippen molar-refractivity contribution in [2.75, 3.05) is 24.7 Å². The number of anilines is 2. The van der Waals surface area contributed by atoms with Crippen molar-refractivity contribution in [2.45, 2.75) is 13.8 Å². The number of furan rings is 2. The van der Waals surface area contributed by atoms with Crippen LogP contribution in [0.25, 0.3) is 21.9 Å². The van der Waals surface area contributed by atoms with Crippen LogP contribution < -0.4 is 11.5 Å². The Kier molecular flexibility index (Phi) is 3.80. The fourth-order valence-corrected chi connectivity index (χ4v) is 2.55. The lowest BCUT2D eigenvalue weighted by molar-refractivity contribution is 0.0519. The van der Waals surface area contributed by atoms with E-state index in [1.54, 1.807) is 13.8 Å². The van der Waals surface area contributed by atoms with E-state index >= 15 is 0 Å². The van der Waals surface area contributed by atoms with Crippen molar-refractivity contribution in [1.82, 2.24) is 0 Å². The quantitative estimate of drug-likeness (QED) is 0.697. The first-order valence-electron chi connectivity index (χ1n) is 7.36. The van der Waals surface area contributed by atoms with Crippen LogP contribution in [0.5, 0.6) is 0 Å². The summed E-state index contributed by atoms with van der Waals surface area (Å²) in [5.41, 5.74) is 12.4. The van der Waals surface area contributed by atoms with E-state index in [1.807, 2.05) is 0 Å². The maximum absolute atomic E-state index is 12.1. The number of hydrogen-bond acceptors (Lipinski definition) is 8. The summed E-state index contributed by atoms with van der Waals surface area (Å²) in [6, 6.07) is 3.08. The van der Waals surface area contributed by atoms with E-state index in [0.717, 1.165) is 0 Å². The SMILES string of the molecule is CCOC(=O)c1c(N)oc2cc3c(C(=O)OCC)c(N)oc3cc12. The number of hydrogen-bond donors (Lipinski definition) is 2. The van der Waals surface area contributed by atoms with Crippen molar-refractivity contribution in [3.05, 3.63) is 23.3 Å². The first-order valence-corrected chi connectivity index (χ1v) is 7.36. The van der Waals surface area contributed by atoms with Crippen molar-refractivity contribution in [2.24, 2.45) is 0 Å². The molecule has 2 heterocycles. The molecule has 0 aliphatic rings. The van der Waals surface area contributed by atoms with Crippen molar-refractivity contribution in [1.29, 1.82) is 0 Å². The van der Waals surface area contributed by atoms with Crippen LogP contribution in [-0.2, 0) is 9.47 Å². The fourth-order valence-electron chi connectivity index (χ4n) is 2.55. The van der Waals surface area contributed by atoms with Gasteiger partial charge in [0.15, 0.2) is 0 Å². The van der Waals surface area contributed by atoms with Gasteiger partial charge in [-0.1, -0.05) is 0 Å². The van der Waals surface area contributed by atoms with Gasteiger partial charge in [-0.25, -0.2) is 9.59 Å². The molecule has 0 saturated heterocycles. The highest BCUT2D eigenvalue weighted by molar-refractivity contribution is 6.14. The summed E-state index contributed by atoms with van der Waals surface area (Å²) in [4.78, 5) is 24.1. The lowest BCUT2D eigenvalue weighted by atomic mass is 10.1. The smallest absolute Gasteiger partial charge is 0.344 e. The van der Waals surface area contributed by atoms with Gasteiger partial charge in [0, 0.05) is 10.8 Å². The van der Waals surface area contributed by atoms with Gasteiger partial charge in [-0.2, -0.15) is 0 Å². The fraction of sp³-hybridized carbons (Fsp3) is 0.250. The molecule has 4 N–H and O–H groups in total. The van der Waals surface area contributed by atoms with E-state index in [9.17, 15) is 9.59 Å². The predicted octanol–water partition coefficient (Wildman–Crippen LogP) is 2.70. The van der Waals surface area contributed by atoms with E-state index in [0.29, 0.717) is 21.9 Å². The van der Waals surface area contributed by atoms with Gasteiger partial charge in [0.05, 0.1) is 13.2 Å². The average Bonchev–Trinajstić information content (AvgIpc) is 2.99. The number of carbonyl (C=O) groups excluding carboxylic acids is 2. The number of carbonyl (C=O) groups is 2. The summed E-state index contributed by atoms with van der Waals surface area (Å²) >= 11 is 0. The molecule has 0 radical (unpaired) electrons. The van der Waals surface area contributed by atoms with Gasteiger partial charge in [-0.15, -0.1) is 0 Å². The summed E-state index contributed by atoms with van der Waals surface area (Å²) < 4.78 is 20.8. The molecule has 0 bridgehead atoms. The number of nitrogen functional groups attached to an aromatic ring is 2. The molecule has 0 spiro atoms. The second kappa shape index (κ2) is 5.80. The van der Waals surface area contributed by atoms with Gasteiger partial charge >= 0.3 is 11.9 Å². The molecule has 0 aliphatic carbocycles. The number of rotatable bonds is 4. The Labute approximate surface area is 136 Å². The van der Waals surface area contributed by atoms with Crippen LogP contribution in [0.3, 0.4) is 0 Å². The highest BCUT2D eigenvalue weighted by Crippen LogP contribution is 2.36. The Hall–Kier alpha value is -3.16. The van der Waals surface area contributed by atoms with Gasteiger partial charge in [-0.3, -0.25) is 0 Å². The van der Waals surface area contributed by atoms with Crippen molar-refractivity contribution in [3.63, 3.8) is 0 Å². The Morgan fingerprint density at radius 3 is 1.58 bits per heavy atom. The zero-order valence-corrected chi connectivity index (χ0v) is 13.2. The summed E-state index contributed by atoms with van der Waals surface area (Å²) in [5.74, 6) is -1.33. The minimum absolute atomic E-state index is 0.0678. The predicted molar refractivity (Wildman–Crippen MR) is 86.7 cm³/mol. The summed E-state index contributed by atoms with van der Waals surface area (Å²) in [7, 11) is 0. The Morgan fingerprint density at radius 1 is 0.875 bits per heavy atom. The van der Waals surface area contributed by atoms with Crippen molar-refractivity contribution >= 4 is 45.6 Å². The molecular formula is C16H16N2O6. The third kappa shape index (κ3) is 2.32. The Balaban J connectivity index is 2.24. The number of fused-ring (bicyclic) bond motifs is 2. The third-order valence-electron chi connectivity index (χ3n) is 3.51. The largest absolute Gasteiger partial charge is 0.462 e. The monoisotopic (exact) mass is 332 g/mol. The normalized spacial score (nSPS) is 11.1. The van der Waals surface area contributed by atoms with E-state index in [-0.39, 0.29) is 36.1 Å². The number of ether oxygens (including phenoxy) is 2. The van der Waals surface area contributed by atoms with Crippen LogP contribution in [0.15, 0.2) is 21.0 Å². The number of benzene rings is 1. The lowest BCUT2D eigenvalue weighted by Gasteiger charge is -2.00. The maximum Gasteiger partial charge on any atom is 0.344 e. The second-order valence-electron chi connectivity index (χ2n) is 4.97. The summed E-state index contributed by atoms with van der Waals surface area (Å²) in [6.07, 6.45) is 0. The molecule has 0 atom stereocenters. The molecule has 126 valence electrons. The zero-order chi connectivity index (χ0) is 17.4. The number of esters is 2. The molecule has 0 unspecified atom stereocenters. The molecule has 8 nitrogen and oxygen atoms in total. The van der Waals surface area contributed by atoms with E-state index < -0.39 is 11.9 Å². The molecular weight excluding hydrogens is 316 g/mol.